The summed E-state index contributed by atoms with van der Waals surface area (Å²) in [6, 6.07) is 32.2. The van der Waals surface area contributed by atoms with Crippen LogP contribution in [0.5, 0.6) is 0 Å². The minimum Gasteiger partial charge on any atom is -0.310 e. The Labute approximate surface area is 290 Å². The van der Waals surface area contributed by atoms with E-state index in [1.807, 2.05) is 103 Å². The number of hydrogen-bond donors (Lipinski definition) is 0. The smallest absolute Gasteiger partial charge is 0.0645 e. The molecule has 0 aliphatic heterocycles. The molecule has 47 heavy (non-hydrogen) atoms. The van der Waals surface area contributed by atoms with E-state index in [0.717, 1.165) is 37.9 Å². The first-order chi connectivity index (χ1) is 27.9. The van der Waals surface area contributed by atoms with Gasteiger partial charge in [-0.2, -0.15) is 0 Å². The molecule has 0 saturated heterocycles. The van der Waals surface area contributed by atoms with Crippen molar-refractivity contribution in [3.63, 3.8) is 0 Å². The Balaban J connectivity index is 1.39. The fraction of sp³-hybridized carbons (Fsp3) is 0. The predicted molar refractivity (Wildman–Crippen MR) is 202 cm³/mol. The van der Waals surface area contributed by atoms with Gasteiger partial charge in [-0.3, -0.25) is 0 Å². The molecule has 9 aromatic rings. The largest absolute Gasteiger partial charge is 0.310 e. The van der Waals surface area contributed by atoms with E-state index in [1.54, 1.807) is 18.2 Å². The first-order valence-corrected chi connectivity index (χ1v) is 15.3. The van der Waals surface area contributed by atoms with Crippen LogP contribution in [-0.4, -0.2) is 0 Å². The molecule has 0 bridgehead atoms. The summed E-state index contributed by atoms with van der Waals surface area (Å²) in [5.41, 5.74) is 1.75. The third-order valence-corrected chi connectivity index (χ3v) is 8.58. The topological polar surface area (TPSA) is 3.24 Å². The van der Waals surface area contributed by atoms with Crippen molar-refractivity contribution in [3.8, 4) is 22.3 Å². The first-order valence-electron chi connectivity index (χ1n) is 20.8. The maximum absolute atomic E-state index is 9.65. The standard InChI is InChI=1S/C46H31N/c1-2-13-35-29-37(24-23-32(35)11-1)36-16-9-17-40(30-36)47(46-22-10-15-33-12-3-6-19-42(33)46)39-27-25-34(26-28-39)45-31-38-14-4-5-18-41(38)43-20-7-8-21-44(43)45/h1-31H/i3D,6D,10D,12D,15D,19D,22D,25D,26D,27D,28D. The van der Waals surface area contributed by atoms with Crippen molar-refractivity contribution in [1.82, 2.24) is 0 Å². The van der Waals surface area contributed by atoms with E-state index in [2.05, 4.69) is 0 Å². The summed E-state index contributed by atoms with van der Waals surface area (Å²) < 4.78 is 100. The summed E-state index contributed by atoms with van der Waals surface area (Å²) in [4.78, 5) is 1.29. The van der Waals surface area contributed by atoms with Crippen LogP contribution in [0.2, 0.25) is 0 Å². The average molecular weight is 609 g/mol. The normalized spacial score (nSPS) is 14.7. The summed E-state index contributed by atoms with van der Waals surface area (Å²) in [6.45, 7) is 0. The van der Waals surface area contributed by atoms with Crippen LogP contribution in [0.1, 0.15) is 15.1 Å². The van der Waals surface area contributed by atoms with Crippen molar-refractivity contribution in [2.75, 3.05) is 4.90 Å². The van der Waals surface area contributed by atoms with Gasteiger partial charge in [0.1, 0.15) is 0 Å². The molecule has 220 valence electrons. The van der Waals surface area contributed by atoms with E-state index >= 15 is 0 Å². The van der Waals surface area contributed by atoms with Gasteiger partial charge < -0.3 is 4.90 Å². The number of benzene rings is 9. The predicted octanol–water partition coefficient (Wildman–Crippen LogP) is 13.1. The van der Waals surface area contributed by atoms with Crippen LogP contribution in [-0.2, 0) is 0 Å². The molecule has 0 fully saturated rings. The highest BCUT2D eigenvalue weighted by Crippen LogP contribution is 2.42. The summed E-state index contributed by atoms with van der Waals surface area (Å²) >= 11 is 0. The third kappa shape index (κ3) is 4.81. The number of anilines is 3. The minimum atomic E-state index is -0.627. The molecule has 0 spiro atoms. The van der Waals surface area contributed by atoms with Gasteiger partial charge >= 0.3 is 0 Å². The van der Waals surface area contributed by atoms with Gasteiger partial charge in [0.05, 0.1) is 20.8 Å². The molecule has 0 N–H and O–H groups in total. The van der Waals surface area contributed by atoms with Gasteiger partial charge in [-0.05, 0) is 102 Å². The van der Waals surface area contributed by atoms with Crippen LogP contribution in [0, 0.1) is 0 Å². The zero-order chi connectivity index (χ0) is 40.7. The molecule has 0 aliphatic carbocycles. The van der Waals surface area contributed by atoms with Crippen molar-refractivity contribution in [2.24, 2.45) is 0 Å². The Kier molecular flexibility index (Phi) is 4.36. The zero-order valence-electron chi connectivity index (χ0n) is 36.0. The van der Waals surface area contributed by atoms with Gasteiger partial charge in [-0.15, -0.1) is 0 Å². The van der Waals surface area contributed by atoms with Crippen LogP contribution in [0.25, 0.3) is 65.3 Å². The van der Waals surface area contributed by atoms with Crippen LogP contribution >= 0.6 is 0 Å². The molecule has 9 rings (SSSR count). The molecule has 1 nitrogen and oxygen atoms in total. The van der Waals surface area contributed by atoms with E-state index in [-0.39, 0.29) is 45.5 Å². The van der Waals surface area contributed by atoms with E-state index in [1.165, 1.54) is 4.90 Å². The minimum absolute atomic E-state index is 0.0612. The molecule has 1 heteroatoms. The van der Waals surface area contributed by atoms with Gasteiger partial charge in [0.2, 0.25) is 0 Å². The van der Waals surface area contributed by atoms with Crippen LogP contribution in [0.3, 0.4) is 0 Å². The molecule has 0 saturated carbocycles. The lowest BCUT2D eigenvalue weighted by Crippen LogP contribution is -2.10. The Morgan fingerprint density at radius 1 is 0.362 bits per heavy atom. The highest BCUT2D eigenvalue weighted by molar-refractivity contribution is 6.13. The molecular weight excluding hydrogens is 567 g/mol. The molecule has 0 aliphatic rings. The molecule has 0 aromatic heterocycles. The average Bonchev–Trinajstić information content (AvgIpc) is 3.25. The highest BCUT2D eigenvalue weighted by Gasteiger charge is 2.17. The second-order valence-corrected chi connectivity index (χ2v) is 11.3. The van der Waals surface area contributed by atoms with Crippen molar-refractivity contribution in [1.29, 1.82) is 0 Å². The van der Waals surface area contributed by atoms with Crippen LogP contribution in [0.15, 0.2) is 188 Å². The summed E-state index contributed by atoms with van der Waals surface area (Å²) in [6.07, 6.45) is 0. The molecule has 0 heterocycles. The summed E-state index contributed by atoms with van der Waals surface area (Å²) in [5, 5.41) is 4.89. The Morgan fingerprint density at radius 2 is 1.06 bits per heavy atom. The summed E-state index contributed by atoms with van der Waals surface area (Å²) in [7, 11) is 0. The van der Waals surface area contributed by atoms with Crippen LogP contribution in [0.4, 0.5) is 17.1 Å². The second kappa shape index (κ2) is 11.3. The molecule has 9 aromatic carbocycles. The lowest BCUT2D eigenvalue weighted by atomic mass is 9.93. The van der Waals surface area contributed by atoms with Gasteiger partial charge in [0, 0.05) is 16.8 Å². The number of nitrogens with zero attached hydrogens (tertiary/aromatic N) is 1. The molecular formula is C46H31N. The Hall–Kier alpha value is -6.18. The van der Waals surface area contributed by atoms with Crippen LogP contribution < -0.4 is 4.90 Å². The maximum Gasteiger partial charge on any atom is 0.0645 e. The number of hydrogen-bond acceptors (Lipinski definition) is 1. The van der Waals surface area contributed by atoms with E-state index in [0.29, 0.717) is 11.1 Å². The molecule has 0 amide bonds. The highest BCUT2D eigenvalue weighted by atomic mass is 15.1. The number of fused-ring (bicyclic) bond motifs is 5. The van der Waals surface area contributed by atoms with Gasteiger partial charge in [-0.1, -0.05) is 145 Å². The van der Waals surface area contributed by atoms with E-state index in [9.17, 15) is 6.85 Å². The van der Waals surface area contributed by atoms with Crippen molar-refractivity contribution < 1.29 is 15.1 Å². The fourth-order valence-corrected chi connectivity index (χ4v) is 6.34. The van der Waals surface area contributed by atoms with Gasteiger partial charge in [-0.25, -0.2) is 0 Å². The molecule has 0 atom stereocenters. The quantitative estimate of drug-likeness (QED) is 0.176. The number of rotatable bonds is 5. The SMILES string of the molecule is [2H]c1c([2H])c(N(c2cccc(-c3ccc4ccccc4c3)c2)c2c([2H])c([2H])c([2H])c3c([2H])c([2H])c([2H])c([2H])c23)c([2H])c([2H])c1-c1cc2ccccc2c2ccccc12. The fourth-order valence-electron chi connectivity index (χ4n) is 6.34. The Morgan fingerprint density at radius 3 is 1.94 bits per heavy atom. The summed E-state index contributed by atoms with van der Waals surface area (Å²) in [5.74, 6) is 0. The third-order valence-electron chi connectivity index (χ3n) is 8.58. The molecule has 0 radical (unpaired) electrons. The Bertz CT molecular complexity index is 3180. The van der Waals surface area contributed by atoms with Crippen molar-refractivity contribution >= 4 is 60.2 Å². The van der Waals surface area contributed by atoms with Crippen molar-refractivity contribution in [2.45, 2.75) is 0 Å². The monoisotopic (exact) mass is 608 g/mol. The first kappa shape index (κ1) is 18.1. The lowest BCUT2D eigenvalue weighted by molar-refractivity contribution is 1.30. The van der Waals surface area contributed by atoms with Gasteiger partial charge in [0.25, 0.3) is 0 Å². The second-order valence-electron chi connectivity index (χ2n) is 11.3. The molecule has 0 unspecified atom stereocenters. The maximum atomic E-state index is 9.65. The van der Waals surface area contributed by atoms with E-state index in [4.69, 9.17) is 8.22 Å². The zero-order valence-corrected chi connectivity index (χ0v) is 25.0. The lowest BCUT2D eigenvalue weighted by Gasteiger charge is -2.27. The van der Waals surface area contributed by atoms with Gasteiger partial charge in [0.15, 0.2) is 0 Å². The van der Waals surface area contributed by atoms with Crippen molar-refractivity contribution in [3.05, 3.63) is 188 Å². The van der Waals surface area contributed by atoms with E-state index < -0.39 is 54.4 Å².